The van der Waals surface area contributed by atoms with Crippen molar-refractivity contribution in [3.8, 4) is 17.2 Å². The molecule has 3 heterocycles. The Morgan fingerprint density at radius 3 is 2.33 bits per heavy atom. The van der Waals surface area contributed by atoms with Crippen LogP contribution in [0.2, 0.25) is 0 Å². The topological polar surface area (TPSA) is 123 Å². The Hall–Kier alpha value is -3.89. The van der Waals surface area contributed by atoms with Gasteiger partial charge in [-0.05, 0) is 32.9 Å². The summed E-state index contributed by atoms with van der Waals surface area (Å²) in [6.07, 6.45) is 4.13. The molecular formula is C22H26N6O5. The number of piperazine rings is 1. The zero-order valence-electron chi connectivity index (χ0n) is 19.0. The lowest BCUT2D eigenvalue weighted by atomic mass is 10.2. The van der Waals surface area contributed by atoms with Crippen LogP contribution in [-0.4, -0.2) is 74.5 Å². The minimum atomic E-state index is -0.536. The van der Waals surface area contributed by atoms with Crippen LogP contribution in [-0.2, 0) is 4.74 Å². The van der Waals surface area contributed by atoms with Crippen molar-refractivity contribution in [1.29, 1.82) is 0 Å². The molecule has 0 aliphatic carbocycles. The van der Waals surface area contributed by atoms with Crippen molar-refractivity contribution < 1.29 is 19.4 Å². The third-order valence-electron chi connectivity index (χ3n) is 5.18. The summed E-state index contributed by atoms with van der Waals surface area (Å²) in [6.45, 7) is 7.64. The summed E-state index contributed by atoms with van der Waals surface area (Å²) in [5.74, 6) is 0.429. The van der Waals surface area contributed by atoms with Crippen LogP contribution in [0.4, 0.5) is 10.7 Å². The fraction of sp³-hybridized carbons (Fsp3) is 0.409. The van der Waals surface area contributed by atoms with Crippen molar-refractivity contribution in [2.45, 2.75) is 26.4 Å². The number of carbonyl (C=O) groups excluding carboxylic acids is 1. The number of methoxy groups -OCH3 is 1. The number of phenolic OH excluding ortho intramolecular Hbond substituents is 1. The highest BCUT2D eigenvalue weighted by Gasteiger charge is 2.26. The van der Waals surface area contributed by atoms with E-state index in [0.717, 1.165) is 0 Å². The molecular weight excluding hydrogens is 428 g/mol. The Bertz CT molecular complexity index is 1230. The summed E-state index contributed by atoms with van der Waals surface area (Å²) >= 11 is 0. The third kappa shape index (κ3) is 4.52. The first kappa shape index (κ1) is 22.3. The van der Waals surface area contributed by atoms with E-state index in [4.69, 9.17) is 9.47 Å². The van der Waals surface area contributed by atoms with Gasteiger partial charge in [0.15, 0.2) is 11.5 Å². The van der Waals surface area contributed by atoms with Crippen LogP contribution < -0.4 is 15.2 Å². The van der Waals surface area contributed by atoms with E-state index < -0.39 is 11.2 Å². The van der Waals surface area contributed by atoms with Crippen molar-refractivity contribution in [2.75, 3.05) is 38.2 Å². The average molecular weight is 454 g/mol. The normalized spacial score (nSPS) is 14.4. The third-order valence-corrected chi connectivity index (χ3v) is 5.18. The first-order chi connectivity index (χ1) is 15.7. The monoisotopic (exact) mass is 454 g/mol. The fourth-order valence-corrected chi connectivity index (χ4v) is 3.58. The molecule has 0 spiro atoms. The smallest absolute Gasteiger partial charge is 0.410 e. The summed E-state index contributed by atoms with van der Waals surface area (Å²) in [5, 5.41) is 10.2. The highest BCUT2D eigenvalue weighted by Crippen LogP contribution is 2.31. The number of amides is 1. The predicted octanol–water partition coefficient (Wildman–Crippen LogP) is 1.95. The molecule has 0 atom stereocenters. The molecule has 1 fully saturated rings. The molecule has 11 heteroatoms. The molecule has 1 aromatic carbocycles. The van der Waals surface area contributed by atoms with Gasteiger partial charge in [-0.15, -0.1) is 0 Å². The number of aromatic nitrogens is 4. The van der Waals surface area contributed by atoms with Gasteiger partial charge in [0.05, 0.1) is 30.7 Å². The van der Waals surface area contributed by atoms with Gasteiger partial charge in [0, 0.05) is 26.2 Å². The quantitative estimate of drug-likeness (QED) is 0.632. The summed E-state index contributed by atoms with van der Waals surface area (Å²) in [5.41, 5.74) is -0.108. The zero-order chi connectivity index (χ0) is 23.8. The molecule has 1 amide bonds. The van der Waals surface area contributed by atoms with Crippen LogP contribution >= 0.6 is 0 Å². The first-order valence-corrected chi connectivity index (χ1v) is 10.5. The Morgan fingerprint density at radius 1 is 1.06 bits per heavy atom. The van der Waals surface area contributed by atoms with Gasteiger partial charge < -0.3 is 24.4 Å². The minimum Gasteiger partial charge on any atom is -0.504 e. The van der Waals surface area contributed by atoms with Gasteiger partial charge in [-0.3, -0.25) is 9.36 Å². The van der Waals surface area contributed by atoms with Crippen LogP contribution in [0, 0.1) is 0 Å². The first-order valence-electron chi connectivity index (χ1n) is 10.5. The molecule has 0 bridgehead atoms. The van der Waals surface area contributed by atoms with Crippen molar-refractivity contribution in [3.05, 3.63) is 41.2 Å². The Labute approximate surface area is 190 Å². The number of fused-ring (bicyclic) bond motifs is 1. The van der Waals surface area contributed by atoms with Gasteiger partial charge in [0.1, 0.15) is 17.3 Å². The number of nitrogens with zero attached hydrogens (tertiary/aromatic N) is 6. The van der Waals surface area contributed by atoms with E-state index in [2.05, 4.69) is 15.0 Å². The molecule has 174 valence electrons. The van der Waals surface area contributed by atoms with Crippen LogP contribution in [0.5, 0.6) is 11.5 Å². The number of anilines is 1. The second-order valence-corrected chi connectivity index (χ2v) is 8.63. The molecule has 33 heavy (non-hydrogen) atoms. The van der Waals surface area contributed by atoms with E-state index in [-0.39, 0.29) is 23.0 Å². The van der Waals surface area contributed by atoms with Crippen LogP contribution in [0.3, 0.4) is 0 Å². The zero-order valence-corrected chi connectivity index (χ0v) is 19.0. The summed E-state index contributed by atoms with van der Waals surface area (Å²) in [6, 6.07) is 2.98. The van der Waals surface area contributed by atoms with E-state index in [9.17, 15) is 14.7 Å². The number of aromatic hydroxyl groups is 1. The van der Waals surface area contributed by atoms with Crippen LogP contribution in [0.1, 0.15) is 20.8 Å². The van der Waals surface area contributed by atoms with Crippen LogP contribution in [0.15, 0.2) is 35.6 Å². The molecule has 1 N–H and O–H groups in total. The standard InChI is InChI=1S/C22H26N6O5/c1-22(2,3)33-21(31)27-9-7-26(8-10-27)20-23-11-14(12-24-20)28-13-25-15-5-6-16(29)18(32-4)17(15)19(28)30/h5-6,11-13,29H,7-10H2,1-4H3. The molecule has 3 aromatic rings. The molecule has 2 aromatic heterocycles. The average Bonchev–Trinajstić information content (AvgIpc) is 2.79. The van der Waals surface area contributed by atoms with Gasteiger partial charge in [-0.2, -0.15) is 0 Å². The van der Waals surface area contributed by atoms with Crippen LogP contribution in [0.25, 0.3) is 16.6 Å². The minimum absolute atomic E-state index is 0.0692. The highest BCUT2D eigenvalue weighted by atomic mass is 16.6. The largest absolute Gasteiger partial charge is 0.504 e. The van der Waals surface area contributed by atoms with Crippen molar-refractivity contribution in [1.82, 2.24) is 24.4 Å². The van der Waals surface area contributed by atoms with Gasteiger partial charge in [-0.1, -0.05) is 0 Å². The molecule has 11 nitrogen and oxygen atoms in total. The van der Waals surface area contributed by atoms with Gasteiger partial charge in [-0.25, -0.2) is 19.7 Å². The number of hydrogen-bond donors (Lipinski definition) is 1. The van der Waals surface area contributed by atoms with Crippen molar-refractivity contribution in [2.24, 2.45) is 0 Å². The molecule has 0 unspecified atom stereocenters. The summed E-state index contributed by atoms with van der Waals surface area (Å²) < 4.78 is 11.9. The number of benzene rings is 1. The molecule has 0 saturated carbocycles. The second-order valence-electron chi connectivity index (χ2n) is 8.63. The molecule has 0 radical (unpaired) electrons. The van der Waals surface area contributed by atoms with Crippen molar-refractivity contribution >= 4 is 22.9 Å². The number of carbonyl (C=O) groups is 1. The molecule has 4 rings (SSSR count). The molecule has 1 aliphatic rings. The highest BCUT2D eigenvalue weighted by molar-refractivity contribution is 5.87. The van der Waals surface area contributed by atoms with Gasteiger partial charge in [0.2, 0.25) is 5.95 Å². The number of rotatable bonds is 3. The lowest BCUT2D eigenvalue weighted by Crippen LogP contribution is -2.50. The van der Waals surface area contributed by atoms with Crippen molar-refractivity contribution in [3.63, 3.8) is 0 Å². The Kier molecular flexibility index (Phi) is 5.79. The number of phenols is 1. The van der Waals surface area contributed by atoms with E-state index in [1.807, 2.05) is 25.7 Å². The van der Waals surface area contributed by atoms with E-state index >= 15 is 0 Å². The molecule has 1 saturated heterocycles. The van der Waals surface area contributed by atoms with E-state index in [0.29, 0.717) is 43.3 Å². The maximum absolute atomic E-state index is 13.1. The van der Waals surface area contributed by atoms with E-state index in [1.54, 1.807) is 11.0 Å². The Morgan fingerprint density at radius 2 is 1.73 bits per heavy atom. The fourth-order valence-electron chi connectivity index (χ4n) is 3.58. The maximum atomic E-state index is 13.1. The molecule has 1 aliphatic heterocycles. The lowest BCUT2D eigenvalue weighted by Gasteiger charge is -2.35. The predicted molar refractivity (Wildman–Crippen MR) is 121 cm³/mol. The lowest BCUT2D eigenvalue weighted by molar-refractivity contribution is 0.0240. The number of hydrogen-bond acceptors (Lipinski definition) is 9. The number of ether oxygens (including phenoxy) is 2. The summed E-state index contributed by atoms with van der Waals surface area (Å²) in [7, 11) is 1.38. The SMILES string of the molecule is COc1c(O)ccc2ncn(-c3cnc(N4CCN(C(=O)OC(C)(C)C)CC4)nc3)c(=O)c12. The Balaban J connectivity index is 1.52. The summed E-state index contributed by atoms with van der Waals surface area (Å²) in [4.78, 5) is 42.0. The second kappa shape index (κ2) is 8.57. The van der Waals surface area contributed by atoms with Gasteiger partial charge in [0.25, 0.3) is 5.56 Å². The maximum Gasteiger partial charge on any atom is 0.410 e. The van der Waals surface area contributed by atoms with Gasteiger partial charge >= 0.3 is 6.09 Å². The van der Waals surface area contributed by atoms with E-state index in [1.165, 1.54) is 36.5 Å².